The number of hydrogen-bond donors (Lipinski definition) is 1. The number of nitrogens with zero attached hydrogens (tertiary/aromatic N) is 1. The molecule has 9 heteroatoms. The SMILES string of the molecule is COC(=O)C(CSCc1ccccc1)NS(=O)(=O)c1nc(-c2ccccc2)oc1-c1ccccc1. The zero-order chi connectivity index (χ0) is 24.7. The van der Waals surface area contributed by atoms with Crippen LogP contribution in [-0.2, 0) is 25.3 Å². The molecule has 1 heterocycles. The standard InChI is InChI=1S/C26H24N2O5S2/c1-32-26(29)22(18-34-17-19-11-5-2-6-12-19)28-35(30,31)25-23(20-13-7-3-8-14-20)33-24(27-25)21-15-9-4-10-16-21/h2-16,22,28H,17-18H2,1H3. The first kappa shape index (κ1) is 24.7. The van der Waals surface area contributed by atoms with E-state index in [2.05, 4.69) is 9.71 Å². The second-order valence-electron chi connectivity index (χ2n) is 7.58. The first-order valence-electron chi connectivity index (χ1n) is 10.8. The molecule has 0 aliphatic heterocycles. The van der Waals surface area contributed by atoms with E-state index in [9.17, 15) is 13.2 Å². The molecule has 1 N–H and O–H groups in total. The minimum Gasteiger partial charge on any atom is -0.468 e. The summed E-state index contributed by atoms with van der Waals surface area (Å²) in [6, 6.07) is 26.5. The fourth-order valence-electron chi connectivity index (χ4n) is 3.37. The van der Waals surface area contributed by atoms with Gasteiger partial charge in [0, 0.05) is 22.6 Å². The van der Waals surface area contributed by atoms with Crippen LogP contribution in [-0.4, -0.2) is 38.3 Å². The molecule has 180 valence electrons. The molecule has 1 unspecified atom stereocenters. The number of sulfonamides is 1. The Balaban J connectivity index is 1.63. The summed E-state index contributed by atoms with van der Waals surface area (Å²) < 4.78 is 40.2. The van der Waals surface area contributed by atoms with Gasteiger partial charge in [0.25, 0.3) is 10.0 Å². The van der Waals surface area contributed by atoms with Gasteiger partial charge in [-0.2, -0.15) is 21.5 Å². The van der Waals surface area contributed by atoms with Crippen LogP contribution < -0.4 is 4.72 Å². The van der Waals surface area contributed by atoms with E-state index in [-0.39, 0.29) is 22.4 Å². The molecule has 4 aromatic rings. The molecule has 0 radical (unpaired) electrons. The Kier molecular flexibility index (Phi) is 8.02. The van der Waals surface area contributed by atoms with Crippen LogP contribution in [0.1, 0.15) is 5.56 Å². The molecular weight excluding hydrogens is 484 g/mol. The Morgan fingerprint density at radius 3 is 2.11 bits per heavy atom. The molecule has 4 rings (SSSR count). The van der Waals surface area contributed by atoms with Gasteiger partial charge in [-0.25, -0.2) is 8.42 Å². The van der Waals surface area contributed by atoms with Crippen LogP contribution >= 0.6 is 11.8 Å². The van der Waals surface area contributed by atoms with Gasteiger partial charge in [0.15, 0.2) is 5.76 Å². The molecule has 7 nitrogen and oxygen atoms in total. The van der Waals surface area contributed by atoms with Crippen molar-refractivity contribution in [2.75, 3.05) is 12.9 Å². The Labute approximate surface area is 208 Å². The van der Waals surface area contributed by atoms with Crippen molar-refractivity contribution in [1.29, 1.82) is 0 Å². The van der Waals surface area contributed by atoms with Gasteiger partial charge in [-0.15, -0.1) is 0 Å². The van der Waals surface area contributed by atoms with E-state index < -0.39 is 22.0 Å². The molecule has 35 heavy (non-hydrogen) atoms. The molecule has 0 spiro atoms. The van der Waals surface area contributed by atoms with E-state index in [1.165, 1.54) is 18.9 Å². The zero-order valence-corrected chi connectivity index (χ0v) is 20.6. The Bertz CT molecular complexity index is 1360. The lowest BCUT2D eigenvalue weighted by Gasteiger charge is -2.16. The Morgan fingerprint density at radius 2 is 1.51 bits per heavy atom. The summed E-state index contributed by atoms with van der Waals surface area (Å²) in [6.45, 7) is 0. The van der Waals surface area contributed by atoms with Gasteiger partial charge in [-0.3, -0.25) is 4.79 Å². The number of nitrogens with one attached hydrogen (secondary N) is 1. The summed E-state index contributed by atoms with van der Waals surface area (Å²) in [5.41, 5.74) is 2.25. The molecular formula is C26H24N2O5S2. The Hall–Kier alpha value is -3.40. The highest BCUT2D eigenvalue weighted by Gasteiger charge is 2.32. The maximum absolute atomic E-state index is 13.5. The highest BCUT2D eigenvalue weighted by Crippen LogP contribution is 2.32. The van der Waals surface area contributed by atoms with Crippen LogP contribution in [0.4, 0.5) is 0 Å². The minimum absolute atomic E-state index is 0.0949. The third-order valence-electron chi connectivity index (χ3n) is 5.09. The summed E-state index contributed by atoms with van der Waals surface area (Å²) in [4.78, 5) is 16.8. The summed E-state index contributed by atoms with van der Waals surface area (Å²) >= 11 is 1.43. The molecule has 1 atom stereocenters. The summed E-state index contributed by atoms with van der Waals surface area (Å²) in [6.07, 6.45) is 0. The molecule has 3 aromatic carbocycles. The molecule has 0 amide bonds. The fraction of sp³-hybridized carbons (Fsp3) is 0.154. The average Bonchev–Trinajstić information content (AvgIpc) is 3.36. The predicted octanol–water partition coefficient (Wildman–Crippen LogP) is 4.76. The monoisotopic (exact) mass is 508 g/mol. The third kappa shape index (κ3) is 6.19. The van der Waals surface area contributed by atoms with E-state index >= 15 is 0 Å². The van der Waals surface area contributed by atoms with Crippen LogP contribution in [0.5, 0.6) is 0 Å². The number of ether oxygens (including phenoxy) is 1. The van der Waals surface area contributed by atoms with Crippen molar-refractivity contribution in [2.45, 2.75) is 16.8 Å². The number of esters is 1. The second kappa shape index (κ2) is 11.4. The smallest absolute Gasteiger partial charge is 0.324 e. The maximum atomic E-state index is 13.5. The van der Waals surface area contributed by atoms with Crippen molar-refractivity contribution in [1.82, 2.24) is 9.71 Å². The van der Waals surface area contributed by atoms with Gasteiger partial charge in [0.1, 0.15) is 6.04 Å². The quantitative estimate of drug-likeness (QED) is 0.308. The second-order valence-corrected chi connectivity index (χ2v) is 10.2. The summed E-state index contributed by atoms with van der Waals surface area (Å²) in [7, 11) is -3.02. The maximum Gasteiger partial charge on any atom is 0.324 e. The van der Waals surface area contributed by atoms with E-state index in [4.69, 9.17) is 9.15 Å². The van der Waals surface area contributed by atoms with Gasteiger partial charge in [0.05, 0.1) is 7.11 Å². The molecule has 0 aliphatic rings. The highest BCUT2D eigenvalue weighted by molar-refractivity contribution is 7.98. The van der Waals surface area contributed by atoms with Crippen molar-refractivity contribution in [3.8, 4) is 22.8 Å². The zero-order valence-electron chi connectivity index (χ0n) is 19.0. The molecule has 0 saturated carbocycles. The number of methoxy groups -OCH3 is 1. The van der Waals surface area contributed by atoms with Gasteiger partial charge in [-0.05, 0) is 17.7 Å². The van der Waals surface area contributed by atoms with E-state index in [0.29, 0.717) is 16.9 Å². The number of carbonyl (C=O) groups excluding carboxylic acids is 1. The summed E-state index contributed by atoms with van der Waals surface area (Å²) in [5, 5.41) is -0.287. The highest BCUT2D eigenvalue weighted by atomic mass is 32.2. The molecule has 0 bridgehead atoms. The minimum atomic E-state index is -4.24. The van der Waals surface area contributed by atoms with Crippen LogP contribution in [0, 0.1) is 0 Å². The first-order chi connectivity index (χ1) is 17.0. The summed E-state index contributed by atoms with van der Waals surface area (Å²) in [5.74, 6) is 0.385. The van der Waals surface area contributed by atoms with Crippen molar-refractivity contribution < 1.29 is 22.4 Å². The normalized spacial score (nSPS) is 12.3. The lowest BCUT2D eigenvalue weighted by atomic mass is 10.2. The van der Waals surface area contributed by atoms with Gasteiger partial charge in [-0.1, -0.05) is 78.9 Å². The van der Waals surface area contributed by atoms with E-state index in [1.807, 2.05) is 54.6 Å². The topological polar surface area (TPSA) is 98.5 Å². The van der Waals surface area contributed by atoms with Gasteiger partial charge >= 0.3 is 5.97 Å². The molecule has 1 aromatic heterocycles. The van der Waals surface area contributed by atoms with Crippen molar-refractivity contribution in [3.63, 3.8) is 0 Å². The predicted molar refractivity (Wildman–Crippen MR) is 136 cm³/mol. The van der Waals surface area contributed by atoms with Crippen molar-refractivity contribution in [3.05, 3.63) is 96.6 Å². The van der Waals surface area contributed by atoms with Gasteiger partial charge in [0.2, 0.25) is 10.9 Å². The van der Waals surface area contributed by atoms with Gasteiger partial charge < -0.3 is 9.15 Å². The molecule has 0 aliphatic carbocycles. The van der Waals surface area contributed by atoms with Crippen molar-refractivity contribution in [2.24, 2.45) is 0 Å². The third-order valence-corrected chi connectivity index (χ3v) is 7.57. The Morgan fingerprint density at radius 1 is 0.943 bits per heavy atom. The molecule has 0 saturated heterocycles. The van der Waals surface area contributed by atoms with Crippen LogP contribution in [0.2, 0.25) is 0 Å². The van der Waals surface area contributed by atoms with Crippen LogP contribution in [0.25, 0.3) is 22.8 Å². The first-order valence-corrected chi connectivity index (χ1v) is 13.4. The fourth-order valence-corrected chi connectivity index (χ4v) is 5.75. The average molecular weight is 509 g/mol. The number of benzene rings is 3. The largest absolute Gasteiger partial charge is 0.468 e. The number of carbonyl (C=O) groups is 1. The van der Waals surface area contributed by atoms with Crippen LogP contribution in [0.15, 0.2) is 100 Å². The lowest BCUT2D eigenvalue weighted by Crippen LogP contribution is -2.43. The van der Waals surface area contributed by atoms with E-state index in [1.54, 1.807) is 36.4 Å². The lowest BCUT2D eigenvalue weighted by molar-refractivity contribution is -0.141. The number of hydrogen-bond acceptors (Lipinski definition) is 7. The number of aromatic nitrogens is 1. The number of oxazole rings is 1. The molecule has 0 fully saturated rings. The van der Waals surface area contributed by atoms with Crippen molar-refractivity contribution >= 4 is 27.8 Å². The van der Waals surface area contributed by atoms with E-state index in [0.717, 1.165) is 5.56 Å². The van der Waals surface area contributed by atoms with Crippen LogP contribution in [0.3, 0.4) is 0 Å². The number of rotatable bonds is 10. The number of thioether (sulfide) groups is 1.